The third-order valence-electron chi connectivity index (χ3n) is 3.41. The molecule has 0 unspecified atom stereocenters. The summed E-state index contributed by atoms with van der Waals surface area (Å²) < 4.78 is 0. The number of hydrogen-bond acceptors (Lipinski definition) is 6. The average Bonchev–Trinajstić information content (AvgIpc) is 2.60. The molecule has 24 heavy (non-hydrogen) atoms. The van der Waals surface area contributed by atoms with E-state index in [0.29, 0.717) is 0 Å². The number of rotatable bonds is 21. The lowest BCUT2D eigenvalue weighted by Crippen LogP contribution is -1.91. The molecule has 0 heterocycles. The van der Waals surface area contributed by atoms with E-state index >= 15 is 0 Å². The van der Waals surface area contributed by atoms with Gasteiger partial charge in [-0.25, -0.2) is 0 Å². The van der Waals surface area contributed by atoms with Crippen molar-refractivity contribution in [2.45, 2.75) is 51.4 Å². The van der Waals surface area contributed by atoms with Gasteiger partial charge in [0.15, 0.2) is 0 Å². The van der Waals surface area contributed by atoms with E-state index in [9.17, 15) is 0 Å². The van der Waals surface area contributed by atoms with Crippen LogP contribution in [0.3, 0.4) is 0 Å². The molecule has 0 spiro atoms. The van der Waals surface area contributed by atoms with Crippen LogP contribution in [0.2, 0.25) is 0 Å². The summed E-state index contributed by atoms with van der Waals surface area (Å²) in [6.45, 7) is 0. The van der Waals surface area contributed by atoms with Gasteiger partial charge in [0, 0.05) is 5.75 Å². The molecule has 0 aliphatic heterocycles. The fourth-order valence-corrected chi connectivity index (χ4v) is 6.43. The summed E-state index contributed by atoms with van der Waals surface area (Å²) in [7, 11) is 0. The van der Waals surface area contributed by atoms with Crippen LogP contribution >= 0.6 is 72.3 Å². The highest BCUT2D eigenvalue weighted by Gasteiger charge is 1.95. The van der Waals surface area contributed by atoms with Crippen molar-refractivity contribution in [1.29, 1.82) is 0 Å². The highest BCUT2D eigenvalue weighted by molar-refractivity contribution is 8.00. The number of thioether (sulfide) groups is 4. The first kappa shape index (κ1) is 26.1. The Labute approximate surface area is 180 Å². The lowest BCUT2D eigenvalue weighted by molar-refractivity contribution is 0.879. The zero-order chi connectivity index (χ0) is 17.6. The highest BCUT2D eigenvalue weighted by atomic mass is 32.2. The van der Waals surface area contributed by atoms with Crippen molar-refractivity contribution in [2.75, 3.05) is 57.5 Å². The van der Waals surface area contributed by atoms with Crippen molar-refractivity contribution in [2.24, 2.45) is 0 Å². The third-order valence-corrected chi connectivity index (χ3v) is 8.79. The Balaban J connectivity index is 2.93. The molecule has 0 aliphatic carbocycles. The van der Waals surface area contributed by atoms with Crippen molar-refractivity contribution in [1.82, 2.24) is 0 Å². The van der Waals surface area contributed by atoms with Crippen molar-refractivity contribution >= 4 is 72.3 Å². The molecule has 0 nitrogen and oxygen atoms in total. The van der Waals surface area contributed by atoms with Gasteiger partial charge in [-0.3, -0.25) is 0 Å². The molecule has 0 saturated carbocycles. The Morgan fingerprint density at radius 2 is 0.625 bits per heavy atom. The molecule has 0 rings (SSSR count). The summed E-state index contributed by atoms with van der Waals surface area (Å²) in [6.07, 6.45) is 11.0. The normalized spacial score (nSPS) is 11.2. The fraction of sp³-hybridized carbons (Fsp3) is 1.00. The molecule has 0 aliphatic rings. The molecular weight excluding hydrogens is 409 g/mol. The first-order chi connectivity index (χ1) is 11.9. The number of thiol groups is 2. The van der Waals surface area contributed by atoms with Gasteiger partial charge in [-0.1, -0.05) is 0 Å². The Morgan fingerprint density at radius 3 is 0.917 bits per heavy atom. The summed E-state index contributed by atoms with van der Waals surface area (Å²) in [5.74, 6) is 12.8. The average molecular weight is 447 g/mol. The van der Waals surface area contributed by atoms with E-state index in [1.54, 1.807) is 0 Å². The van der Waals surface area contributed by atoms with Gasteiger partial charge in [-0.2, -0.15) is 72.3 Å². The topological polar surface area (TPSA) is 0 Å². The molecule has 0 saturated heterocycles. The predicted octanol–water partition coefficient (Wildman–Crippen LogP) is 6.90. The number of unbranched alkanes of at least 4 members (excludes halogenated alkanes) is 4. The van der Waals surface area contributed by atoms with Gasteiger partial charge < -0.3 is 0 Å². The number of hydrogen-bond donors (Lipinski definition) is 2. The van der Waals surface area contributed by atoms with Crippen LogP contribution in [0.15, 0.2) is 0 Å². The lowest BCUT2D eigenvalue weighted by atomic mass is 10.4. The maximum Gasteiger partial charge on any atom is 0.00210 e. The van der Waals surface area contributed by atoms with Crippen molar-refractivity contribution in [3.63, 3.8) is 0 Å². The van der Waals surface area contributed by atoms with E-state index in [0.717, 1.165) is 11.5 Å². The second-order valence-corrected chi connectivity index (χ2v) is 11.5. The molecule has 6 heteroatoms. The minimum Gasteiger partial charge on any atom is -0.179 e. The predicted molar refractivity (Wildman–Crippen MR) is 134 cm³/mol. The van der Waals surface area contributed by atoms with E-state index in [2.05, 4.69) is 60.5 Å². The van der Waals surface area contributed by atoms with E-state index in [4.69, 9.17) is 0 Å². The Hall–Kier alpha value is 2.10. The van der Waals surface area contributed by atoms with Crippen LogP contribution in [0.4, 0.5) is 0 Å². The van der Waals surface area contributed by atoms with Crippen LogP contribution in [-0.2, 0) is 0 Å². The second kappa shape index (κ2) is 25.1. The third kappa shape index (κ3) is 24.1. The maximum atomic E-state index is 4.25. The zero-order valence-electron chi connectivity index (χ0n) is 15.3. The van der Waals surface area contributed by atoms with Gasteiger partial charge in [0.2, 0.25) is 0 Å². The molecule has 0 aromatic heterocycles. The molecule has 0 N–H and O–H groups in total. The second-order valence-electron chi connectivity index (χ2n) is 5.73. The van der Waals surface area contributed by atoms with E-state index in [1.807, 2.05) is 11.8 Å². The molecule has 0 atom stereocenters. The highest BCUT2D eigenvalue weighted by Crippen LogP contribution is 2.14. The van der Waals surface area contributed by atoms with Crippen LogP contribution in [0.25, 0.3) is 0 Å². The minimum atomic E-state index is 1.02. The van der Waals surface area contributed by atoms with Gasteiger partial charge >= 0.3 is 0 Å². The smallest absolute Gasteiger partial charge is 0.00210 e. The van der Waals surface area contributed by atoms with Gasteiger partial charge in [-0.15, -0.1) is 0 Å². The van der Waals surface area contributed by atoms with E-state index in [1.165, 1.54) is 97.4 Å². The molecular formula is C18H38S6. The van der Waals surface area contributed by atoms with Crippen molar-refractivity contribution in [3.8, 4) is 0 Å². The van der Waals surface area contributed by atoms with Crippen LogP contribution in [-0.4, -0.2) is 57.5 Å². The molecule has 0 aromatic rings. The molecule has 0 bridgehead atoms. The van der Waals surface area contributed by atoms with Gasteiger partial charge in [0.25, 0.3) is 0 Å². The standard InChI is InChI=1S/C18H38S6/c19-9-1-2-11-21-12-3-4-13-22-14-5-6-15-23-16-7-8-17-24-18-10-20/h19-20H,1-18H2. The first-order valence-corrected chi connectivity index (χ1v) is 15.3. The largest absolute Gasteiger partial charge is 0.179 e. The van der Waals surface area contributed by atoms with Crippen LogP contribution in [0, 0.1) is 0 Å². The van der Waals surface area contributed by atoms with Gasteiger partial charge in [0.1, 0.15) is 0 Å². The minimum absolute atomic E-state index is 1.02. The zero-order valence-corrected chi connectivity index (χ0v) is 20.3. The van der Waals surface area contributed by atoms with Crippen LogP contribution in [0.5, 0.6) is 0 Å². The molecule has 0 aromatic carbocycles. The SMILES string of the molecule is SCCCCSCCCCSCCCCSCCCCSCCS. The quantitative estimate of drug-likeness (QED) is 0.145. The maximum absolute atomic E-state index is 4.25. The monoisotopic (exact) mass is 446 g/mol. The summed E-state index contributed by atoms with van der Waals surface area (Å²) >= 11 is 17.0. The fourth-order valence-electron chi connectivity index (χ4n) is 2.01. The first-order valence-electron chi connectivity index (χ1n) is 9.44. The lowest BCUT2D eigenvalue weighted by Gasteiger charge is -2.04. The van der Waals surface area contributed by atoms with Gasteiger partial charge in [-0.05, 0) is 103 Å². The Morgan fingerprint density at radius 1 is 0.333 bits per heavy atom. The van der Waals surface area contributed by atoms with Crippen molar-refractivity contribution < 1.29 is 0 Å². The van der Waals surface area contributed by atoms with Crippen LogP contribution < -0.4 is 0 Å². The van der Waals surface area contributed by atoms with E-state index in [-0.39, 0.29) is 0 Å². The van der Waals surface area contributed by atoms with Gasteiger partial charge in [0.05, 0.1) is 0 Å². The Bertz CT molecular complexity index is 194. The molecule has 0 radical (unpaired) electrons. The molecule has 0 fully saturated rings. The summed E-state index contributed by atoms with van der Waals surface area (Å²) in [6, 6.07) is 0. The molecule has 0 amide bonds. The summed E-state index contributed by atoms with van der Waals surface area (Å²) in [5, 5.41) is 0. The van der Waals surface area contributed by atoms with Crippen LogP contribution in [0.1, 0.15) is 51.4 Å². The van der Waals surface area contributed by atoms with E-state index < -0.39 is 0 Å². The van der Waals surface area contributed by atoms with Crippen molar-refractivity contribution in [3.05, 3.63) is 0 Å². The summed E-state index contributed by atoms with van der Waals surface area (Å²) in [4.78, 5) is 0. The Kier molecular flexibility index (Phi) is 27.3. The molecule has 146 valence electrons. The summed E-state index contributed by atoms with van der Waals surface area (Å²) in [5.41, 5.74) is 0.